The Morgan fingerprint density at radius 3 is 2.88 bits per heavy atom. The quantitative estimate of drug-likeness (QED) is 0.841. The van der Waals surface area contributed by atoms with Crippen LogP contribution in [0.25, 0.3) is 11.4 Å². The second kappa shape index (κ2) is 7.09. The van der Waals surface area contributed by atoms with Crippen molar-refractivity contribution >= 4 is 5.91 Å². The van der Waals surface area contributed by atoms with E-state index in [0.717, 1.165) is 36.5 Å². The summed E-state index contributed by atoms with van der Waals surface area (Å²) in [6, 6.07) is 2.19. The highest BCUT2D eigenvalue weighted by molar-refractivity contribution is 5.78. The molecule has 24 heavy (non-hydrogen) atoms. The molecule has 1 amide bonds. The lowest BCUT2D eigenvalue weighted by Crippen LogP contribution is -2.33. The molecule has 1 atom stereocenters. The predicted molar refractivity (Wildman–Crippen MR) is 89.2 cm³/mol. The van der Waals surface area contributed by atoms with Gasteiger partial charge in [-0.2, -0.15) is 5.10 Å². The Kier molecular flexibility index (Phi) is 4.89. The van der Waals surface area contributed by atoms with Crippen LogP contribution in [0.2, 0.25) is 0 Å². The molecule has 7 heteroatoms. The minimum absolute atomic E-state index is 0.00348. The number of nitrogens with zero attached hydrogens (tertiary/aromatic N) is 5. The van der Waals surface area contributed by atoms with E-state index in [4.69, 9.17) is 4.74 Å². The van der Waals surface area contributed by atoms with Crippen molar-refractivity contribution in [1.29, 1.82) is 0 Å². The molecule has 2 aromatic heterocycles. The molecule has 1 aliphatic heterocycles. The highest BCUT2D eigenvalue weighted by Crippen LogP contribution is 2.31. The summed E-state index contributed by atoms with van der Waals surface area (Å²) in [5, 5.41) is 4.33. The lowest BCUT2D eigenvalue weighted by molar-refractivity contribution is -0.136. The number of ether oxygens (including phenoxy) is 1. The van der Waals surface area contributed by atoms with E-state index in [1.54, 1.807) is 18.6 Å². The van der Waals surface area contributed by atoms with Crippen LogP contribution in [0.1, 0.15) is 44.5 Å². The van der Waals surface area contributed by atoms with Crippen molar-refractivity contribution in [3.8, 4) is 11.4 Å². The van der Waals surface area contributed by atoms with Gasteiger partial charge in [-0.1, -0.05) is 0 Å². The molecular weight excluding hydrogens is 306 g/mol. The van der Waals surface area contributed by atoms with Crippen LogP contribution in [0.4, 0.5) is 0 Å². The van der Waals surface area contributed by atoms with Crippen molar-refractivity contribution in [3.05, 3.63) is 30.4 Å². The van der Waals surface area contributed by atoms with Gasteiger partial charge in [0.15, 0.2) is 0 Å². The van der Waals surface area contributed by atoms with Crippen molar-refractivity contribution in [3.63, 3.8) is 0 Å². The SMILES string of the molecule is COCC(=O)N1CCCC1c1cnc(-c2ccnn2C(C)C)cn1. The zero-order chi connectivity index (χ0) is 17.1. The molecule has 0 spiro atoms. The first-order valence-corrected chi connectivity index (χ1v) is 8.26. The van der Waals surface area contributed by atoms with Crippen molar-refractivity contribution in [2.75, 3.05) is 20.3 Å². The van der Waals surface area contributed by atoms with Crippen LogP contribution in [-0.4, -0.2) is 50.8 Å². The molecule has 0 saturated carbocycles. The first kappa shape index (κ1) is 16.6. The van der Waals surface area contributed by atoms with Crippen LogP contribution in [0, 0.1) is 0 Å². The summed E-state index contributed by atoms with van der Waals surface area (Å²) in [5.41, 5.74) is 2.57. The zero-order valence-corrected chi connectivity index (χ0v) is 14.3. The van der Waals surface area contributed by atoms with Crippen LogP contribution >= 0.6 is 0 Å². The summed E-state index contributed by atoms with van der Waals surface area (Å²) in [4.78, 5) is 23.1. The molecule has 1 saturated heterocycles. The van der Waals surface area contributed by atoms with Gasteiger partial charge in [0.2, 0.25) is 5.91 Å². The lowest BCUT2D eigenvalue weighted by Gasteiger charge is -2.23. The number of likely N-dealkylation sites (tertiary alicyclic amines) is 1. The monoisotopic (exact) mass is 329 g/mol. The molecule has 1 aliphatic rings. The molecule has 0 aliphatic carbocycles. The van der Waals surface area contributed by atoms with Gasteiger partial charge in [0.05, 0.1) is 29.8 Å². The summed E-state index contributed by atoms with van der Waals surface area (Å²) in [7, 11) is 1.54. The number of aromatic nitrogens is 4. The maximum atomic E-state index is 12.1. The van der Waals surface area contributed by atoms with Gasteiger partial charge in [0.1, 0.15) is 12.3 Å². The van der Waals surface area contributed by atoms with Crippen LogP contribution in [-0.2, 0) is 9.53 Å². The van der Waals surface area contributed by atoms with Gasteiger partial charge in [-0.15, -0.1) is 0 Å². The summed E-state index contributed by atoms with van der Waals surface area (Å²) in [5.74, 6) is 0.00348. The fourth-order valence-electron chi connectivity index (χ4n) is 3.15. The van der Waals surface area contributed by atoms with Gasteiger partial charge in [-0.25, -0.2) is 0 Å². The highest BCUT2D eigenvalue weighted by atomic mass is 16.5. The van der Waals surface area contributed by atoms with E-state index in [-0.39, 0.29) is 24.6 Å². The van der Waals surface area contributed by atoms with E-state index in [2.05, 4.69) is 28.9 Å². The molecule has 0 aromatic carbocycles. The average Bonchev–Trinajstić information content (AvgIpc) is 3.24. The lowest BCUT2D eigenvalue weighted by atomic mass is 10.1. The van der Waals surface area contributed by atoms with Gasteiger partial charge in [0.25, 0.3) is 0 Å². The van der Waals surface area contributed by atoms with E-state index in [9.17, 15) is 4.79 Å². The third kappa shape index (κ3) is 3.17. The van der Waals surface area contributed by atoms with Crippen LogP contribution in [0.5, 0.6) is 0 Å². The topological polar surface area (TPSA) is 73.1 Å². The molecule has 0 bridgehead atoms. The van der Waals surface area contributed by atoms with Gasteiger partial charge in [-0.3, -0.25) is 19.4 Å². The maximum Gasteiger partial charge on any atom is 0.249 e. The fraction of sp³-hybridized carbons (Fsp3) is 0.529. The largest absolute Gasteiger partial charge is 0.375 e. The van der Waals surface area contributed by atoms with Crippen molar-refractivity contribution in [2.45, 2.75) is 38.8 Å². The molecule has 3 rings (SSSR count). The van der Waals surface area contributed by atoms with Gasteiger partial charge < -0.3 is 9.64 Å². The smallest absolute Gasteiger partial charge is 0.249 e. The number of hydrogen-bond donors (Lipinski definition) is 0. The summed E-state index contributed by atoms with van der Waals surface area (Å²) in [6.45, 7) is 5.01. The number of hydrogen-bond acceptors (Lipinski definition) is 5. The van der Waals surface area contributed by atoms with Crippen molar-refractivity contribution in [1.82, 2.24) is 24.6 Å². The van der Waals surface area contributed by atoms with Gasteiger partial charge in [-0.05, 0) is 32.8 Å². The Hall–Kier alpha value is -2.28. The summed E-state index contributed by atoms with van der Waals surface area (Å²) >= 11 is 0. The average molecular weight is 329 g/mol. The third-order valence-electron chi connectivity index (χ3n) is 4.28. The minimum Gasteiger partial charge on any atom is -0.375 e. The van der Waals surface area contributed by atoms with E-state index in [1.807, 2.05) is 15.6 Å². The molecule has 0 N–H and O–H groups in total. The van der Waals surface area contributed by atoms with Crippen LogP contribution in [0.3, 0.4) is 0 Å². The maximum absolute atomic E-state index is 12.1. The molecule has 2 aromatic rings. The van der Waals surface area contributed by atoms with Crippen LogP contribution < -0.4 is 0 Å². The Labute approximate surface area is 141 Å². The summed E-state index contributed by atoms with van der Waals surface area (Å²) in [6.07, 6.45) is 7.20. The molecule has 1 unspecified atom stereocenters. The number of carbonyl (C=O) groups is 1. The fourth-order valence-corrected chi connectivity index (χ4v) is 3.15. The molecule has 7 nitrogen and oxygen atoms in total. The second-order valence-corrected chi connectivity index (χ2v) is 6.26. The van der Waals surface area contributed by atoms with Crippen LogP contribution in [0.15, 0.2) is 24.7 Å². The molecule has 3 heterocycles. The van der Waals surface area contributed by atoms with E-state index in [0.29, 0.717) is 0 Å². The van der Waals surface area contributed by atoms with Gasteiger partial charge >= 0.3 is 0 Å². The van der Waals surface area contributed by atoms with E-state index < -0.39 is 0 Å². The second-order valence-electron chi connectivity index (χ2n) is 6.26. The molecular formula is C17H23N5O2. The molecule has 1 fully saturated rings. The number of rotatable bonds is 5. The minimum atomic E-state index is -0.00999. The first-order chi connectivity index (χ1) is 11.6. The standard InChI is InChI=1S/C17H23N5O2/c1-12(2)22-16(6-7-20-22)14-10-18-13(9-19-14)15-5-4-8-21(15)17(23)11-24-3/h6-7,9-10,12,15H,4-5,8,11H2,1-3H3. The number of amides is 1. The van der Waals surface area contributed by atoms with E-state index >= 15 is 0 Å². The third-order valence-corrected chi connectivity index (χ3v) is 4.28. The predicted octanol–water partition coefficient (Wildman–Crippen LogP) is 2.23. The van der Waals surface area contributed by atoms with Gasteiger partial charge in [0, 0.05) is 25.9 Å². The number of carbonyl (C=O) groups excluding carboxylic acids is 1. The molecule has 128 valence electrons. The normalized spacial score (nSPS) is 17.7. The Balaban J connectivity index is 1.81. The van der Waals surface area contributed by atoms with Crippen molar-refractivity contribution < 1.29 is 9.53 Å². The first-order valence-electron chi connectivity index (χ1n) is 8.26. The Bertz CT molecular complexity index is 695. The zero-order valence-electron chi connectivity index (χ0n) is 14.3. The van der Waals surface area contributed by atoms with Crippen molar-refractivity contribution in [2.24, 2.45) is 0 Å². The summed E-state index contributed by atoms with van der Waals surface area (Å²) < 4.78 is 6.89. The molecule has 0 radical (unpaired) electrons. The highest BCUT2D eigenvalue weighted by Gasteiger charge is 2.31. The Morgan fingerprint density at radius 1 is 1.38 bits per heavy atom. The number of methoxy groups -OCH3 is 1. The Morgan fingerprint density at radius 2 is 2.21 bits per heavy atom. The van der Waals surface area contributed by atoms with E-state index in [1.165, 1.54) is 7.11 Å².